The van der Waals surface area contributed by atoms with Crippen LogP contribution in [-0.4, -0.2) is 9.55 Å². The van der Waals surface area contributed by atoms with Gasteiger partial charge in [-0.15, -0.1) is 0 Å². The number of aryl methyl sites for hydroxylation is 1. The molecule has 0 spiro atoms. The van der Waals surface area contributed by atoms with Gasteiger partial charge in [-0.05, 0) is 31.9 Å². The van der Waals surface area contributed by atoms with Crippen LogP contribution in [0.3, 0.4) is 0 Å². The number of hydrogen-bond acceptors (Lipinski definition) is 2. The monoisotopic (exact) mass is 241 g/mol. The van der Waals surface area contributed by atoms with Gasteiger partial charge in [-0.3, -0.25) is 0 Å². The highest BCUT2D eigenvalue weighted by atomic mass is 15.2. The molecule has 1 heterocycles. The summed E-state index contributed by atoms with van der Waals surface area (Å²) in [6.07, 6.45) is 7.40. The summed E-state index contributed by atoms with van der Waals surface area (Å²) in [5.41, 5.74) is 2.18. The van der Waals surface area contributed by atoms with Crippen molar-refractivity contribution in [3.8, 4) is 0 Å². The highest BCUT2D eigenvalue weighted by molar-refractivity contribution is 5.53. The van der Waals surface area contributed by atoms with Crippen molar-refractivity contribution in [2.24, 2.45) is 0 Å². The SMILES string of the molecule is Cc1cn(C2CCCC2)c(Nc2ccccc2)n1. The maximum atomic E-state index is 4.60. The fraction of sp³-hybridized carbons (Fsp3) is 0.400. The summed E-state index contributed by atoms with van der Waals surface area (Å²) in [6, 6.07) is 10.9. The summed E-state index contributed by atoms with van der Waals surface area (Å²) in [6.45, 7) is 2.06. The van der Waals surface area contributed by atoms with Crippen molar-refractivity contribution in [3.63, 3.8) is 0 Å². The summed E-state index contributed by atoms with van der Waals surface area (Å²) < 4.78 is 2.31. The Balaban J connectivity index is 1.87. The number of benzene rings is 1. The van der Waals surface area contributed by atoms with E-state index in [1.54, 1.807) is 0 Å². The second-order valence-corrected chi connectivity index (χ2v) is 5.04. The Morgan fingerprint density at radius 3 is 2.61 bits per heavy atom. The Morgan fingerprint density at radius 1 is 1.17 bits per heavy atom. The van der Waals surface area contributed by atoms with E-state index < -0.39 is 0 Å². The van der Waals surface area contributed by atoms with Gasteiger partial charge in [-0.1, -0.05) is 31.0 Å². The quantitative estimate of drug-likeness (QED) is 0.878. The van der Waals surface area contributed by atoms with Gasteiger partial charge in [0.05, 0.1) is 5.69 Å². The Hall–Kier alpha value is -1.77. The lowest BCUT2D eigenvalue weighted by Crippen LogP contribution is -2.07. The third kappa shape index (κ3) is 2.26. The van der Waals surface area contributed by atoms with E-state index >= 15 is 0 Å². The van der Waals surface area contributed by atoms with Crippen LogP contribution in [0.1, 0.15) is 37.4 Å². The molecule has 1 aromatic heterocycles. The maximum absolute atomic E-state index is 4.60. The van der Waals surface area contributed by atoms with E-state index in [0.29, 0.717) is 6.04 Å². The smallest absolute Gasteiger partial charge is 0.207 e. The average molecular weight is 241 g/mol. The molecule has 18 heavy (non-hydrogen) atoms. The molecule has 0 aliphatic heterocycles. The first-order valence-corrected chi connectivity index (χ1v) is 6.70. The zero-order valence-electron chi connectivity index (χ0n) is 10.8. The van der Waals surface area contributed by atoms with Crippen LogP contribution in [0.25, 0.3) is 0 Å². The van der Waals surface area contributed by atoms with Gasteiger partial charge in [-0.25, -0.2) is 4.98 Å². The molecule has 1 aliphatic carbocycles. The third-order valence-electron chi connectivity index (χ3n) is 3.60. The number of aromatic nitrogens is 2. The summed E-state index contributed by atoms with van der Waals surface area (Å²) in [5.74, 6) is 0.977. The van der Waals surface area contributed by atoms with E-state index in [1.807, 2.05) is 18.2 Å². The van der Waals surface area contributed by atoms with Crippen LogP contribution in [0.2, 0.25) is 0 Å². The number of rotatable bonds is 3. The first kappa shape index (κ1) is 11.3. The second-order valence-electron chi connectivity index (χ2n) is 5.04. The molecule has 0 bridgehead atoms. The van der Waals surface area contributed by atoms with Gasteiger partial charge in [0.15, 0.2) is 0 Å². The molecule has 0 unspecified atom stereocenters. The molecule has 1 N–H and O–H groups in total. The molecule has 94 valence electrons. The minimum atomic E-state index is 0.623. The maximum Gasteiger partial charge on any atom is 0.207 e. The lowest BCUT2D eigenvalue weighted by atomic mass is 10.2. The number of nitrogens with zero attached hydrogens (tertiary/aromatic N) is 2. The number of nitrogens with one attached hydrogen (secondary N) is 1. The zero-order chi connectivity index (χ0) is 12.4. The van der Waals surface area contributed by atoms with Gasteiger partial charge in [0.2, 0.25) is 5.95 Å². The van der Waals surface area contributed by atoms with Crippen LogP contribution in [0.5, 0.6) is 0 Å². The molecule has 0 saturated heterocycles. The van der Waals surface area contributed by atoms with E-state index in [2.05, 4.69) is 40.1 Å². The number of anilines is 2. The number of imidazole rings is 1. The summed E-state index contributed by atoms with van der Waals surface area (Å²) >= 11 is 0. The predicted molar refractivity (Wildman–Crippen MR) is 74.2 cm³/mol. The van der Waals surface area contributed by atoms with Crippen LogP contribution in [0, 0.1) is 6.92 Å². The van der Waals surface area contributed by atoms with E-state index in [9.17, 15) is 0 Å². The highest BCUT2D eigenvalue weighted by Crippen LogP contribution is 2.32. The molecular formula is C15H19N3. The van der Waals surface area contributed by atoms with Crippen molar-refractivity contribution >= 4 is 11.6 Å². The molecule has 1 aromatic carbocycles. The van der Waals surface area contributed by atoms with E-state index in [1.165, 1.54) is 25.7 Å². The molecule has 3 nitrogen and oxygen atoms in total. The summed E-state index contributed by atoms with van der Waals surface area (Å²) in [5, 5.41) is 3.42. The fourth-order valence-corrected chi connectivity index (χ4v) is 2.72. The largest absolute Gasteiger partial charge is 0.326 e. The minimum Gasteiger partial charge on any atom is -0.326 e. The van der Waals surface area contributed by atoms with Crippen molar-refractivity contribution in [2.75, 3.05) is 5.32 Å². The van der Waals surface area contributed by atoms with Gasteiger partial charge in [-0.2, -0.15) is 0 Å². The van der Waals surface area contributed by atoms with Crippen molar-refractivity contribution in [1.29, 1.82) is 0 Å². The van der Waals surface area contributed by atoms with Gasteiger partial charge >= 0.3 is 0 Å². The third-order valence-corrected chi connectivity index (χ3v) is 3.60. The highest BCUT2D eigenvalue weighted by Gasteiger charge is 2.20. The topological polar surface area (TPSA) is 29.9 Å². The molecule has 3 heteroatoms. The molecule has 1 fully saturated rings. The first-order chi connectivity index (χ1) is 8.83. The molecule has 0 atom stereocenters. The Morgan fingerprint density at radius 2 is 1.89 bits per heavy atom. The van der Waals surface area contributed by atoms with E-state index in [4.69, 9.17) is 0 Å². The Labute approximate surface area is 108 Å². The molecule has 1 aliphatic rings. The van der Waals surface area contributed by atoms with Gasteiger partial charge < -0.3 is 9.88 Å². The first-order valence-electron chi connectivity index (χ1n) is 6.70. The molecule has 0 amide bonds. The summed E-state index contributed by atoms with van der Waals surface area (Å²) in [4.78, 5) is 4.60. The van der Waals surface area contributed by atoms with Crippen LogP contribution in [-0.2, 0) is 0 Å². The van der Waals surface area contributed by atoms with Crippen LogP contribution in [0.4, 0.5) is 11.6 Å². The number of para-hydroxylation sites is 1. The van der Waals surface area contributed by atoms with E-state index in [0.717, 1.165) is 17.3 Å². The Bertz CT molecular complexity index is 510. The van der Waals surface area contributed by atoms with Crippen molar-refractivity contribution in [2.45, 2.75) is 38.6 Å². The zero-order valence-corrected chi connectivity index (χ0v) is 10.8. The van der Waals surface area contributed by atoms with Crippen molar-refractivity contribution in [3.05, 3.63) is 42.2 Å². The van der Waals surface area contributed by atoms with Crippen molar-refractivity contribution in [1.82, 2.24) is 9.55 Å². The van der Waals surface area contributed by atoms with Crippen molar-refractivity contribution < 1.29 is 0 Å². The standard InChI is InChI=1S/C15H19N3/c1-12-11-18(14-9-5-6-10-14)15(16-12)17-13-7-3-2-4-8-13/h2-4,7-8,11,14H,5-6,9-10H2,1H3,(H,16,17). The summed E-state index contributed by atoms with van der Waals surface area (Å²) in [7, 11) is 0. The minimum absolute atomic E-state index is 0.623. The molecular weight excluding hydrogens is 222 g/mol. The van der Waals surface area contributed by atoms with Gasteiger partial charge in [0.1, 0.15) is 0 Å². The Kier molecular flexibility index (Phi) is 3.05. The number of hydrogen-bond donors (Lipinski definition) is 1. The fourth-order valence-electron chi connectivity index (χ4n) is 2.72. The van der Waals surface area contributed by atoms with Gasteiger partial charge in [0.25, 0.3) is 0 Å². The molecule has 0 radical (unpaired) electrons. The molecule has 1 saturated carbocycles. The lowest BCUT2D eigenvalue weighted by molar-refractivity contribution is 0.524. The van der Waals surface area contributed by atoms with Crippen LogP contribution in [0.15, 0.2) is 36.5 Å². The normalized spacial score (nSPS) is 16.1. The van der Waals surface area contributed by atoms with Crippen LogP contribution < -0.4 is 5.32 Å². The average Bonchev–Trinajstić information content (AvgIpc) is 3.00. The lowest BCUT2D eigenvalue weighted by Gasteiger charge is -2.15. The van der Waals surface area contributed by atoms with Crippen LogP contribution >= 0.6 is 0 Å². The molecule has 2 aromatic rings. The van der Waals surface area contributed by atoms with E-state index in [-0.39, 0.29) is 0 Å². The van der Waals surface area contributed by atoms with Gasteiger partial charge in [0, 0.05) is 17.9 Å². The molecule has 3 rings (SSSR count). The second kappa shape index (κ2) is 4.84. The predicted octanol–water partition coefficient (Wildman–Crippen LogP) is 4.05.